The van der Waals surface area contributed by atoms with Crippen molar-refractivity contribution in [2.24, 2.45) is 7.05 Å². The van der Waals surface area contributed by atoms with Gasteiger partial charge in [0.05, 0.1) is 11.9 Å². The number of nitrogens with zero attached hydrogens (tertiary/aromatic N) is 2. The summed E-state index contributed by atoms with van der Waals surface area (Å²) in [5.41, 5.74) is 0.850. The molecule has 0 aliphatic heterocycles. The highest BCUT2D eigenvalue weighted by atomic mass is 32.1. The lowest BCUT2D eigenvalue weighted by atomic mass is 10.3. The predicted molar refractivity (Wildman–Crippen MR) is 77.3 cm³/mol. The zero-order valence-corrected chi connectivity index (χ0v) is 11.9. The molecule has 102 valence electrons. The maximum Gasteiger partial charge on any atom is 0.242 e. The molecule has 2 aromatic heterocycles. The first-order chi connectivity index (χ1) is 9.15. The Morgan fingerprint density at radius 1 is 1.58 bits per heavy atom. The Balaban J connectivity index is 1.73. The average molecular weight is 278 g/mol. The second-order valence-corrected chi connectivity index (χ2v) is 5.42. The summed E-state index contributed by atoms with van der Waals surface area (Å²) in [5.74, 6) is 0.000379. The Morgan fingerprint density at radius 2 is 2.42 bits per heavy atom. The van der Waals surface area contributed by atoms with E-state index in [1.165, 1.54) is 4.88 Å². The second kappa shape index (κ2) is 6.38. The molecular formula is C13H18N4OS. The number of aromatic nitrogens is 2. The van der Waals surface area contributed by atoms with Gasteiger partial charge in [-0.3, -0.25) is 9.48 Å². The highest BCUT2D eigenvalue weighted by Gasteiger charge is 2.12. The zero-order chi connectivity index (χ0) is 13.7. The molecule has 0 unspecified atom stereocenters. The number of carbonyl (C=O) groups excluding carboxylic acids is 1. The highest BCUT2D eigenvalue weighted by molar-refractivity contribution is 7.09. The minimum Gasteiger partial charge on any atom is -0.371 e. The zero-order valence-electron chi connectivity index (χ0n) is 11.1. The summed E-state index contributed by atoms with van der Waals surface area (Å²) in [6.07, 6.45) is 4.42. The lowest BCUT2D eigenvalue weighted by Crippen LogP contribution is -2.38. The number of amides is 1. The Hall–Kier alpha value is -1.82. The normalized spacial score (nSPS) is 12.1. The second-order valence-electron chi connectivity index (χ2n) is 4.39. The van der Waals surface area contributed by atoms with Crippen LogP contribution in [0, 0.1) is 0 Å². The molecule has 0 bridgehead atoms. The summed E-state index contributed by atoms with van der Waals surface area (Å²) < 4.78 is 1.70. The number of rotatable bonds is 6. The third-order valence-corrected chi connectivity index (χ3v) is 3.67. The van der Waals surface area contributed by atoms with E-state index >= 15 is 0 Å². The van der Waals surface area contributed by atoms with E-state index < -0.39 is 0 Å². The summed E-state index contributed by atoms with van der Waals surface area (Å²) in [7, 11) is 1.84. The van der Waals surface area contributed by atoms with Gasteiger partial charge >= 0.3 is 0 Å². The number of carbonyl (C=O) groups is 1. The number of anilines is 1. The molecule has 2 aromatic rings. The smallest absolute Gasteiger partial charge is 0.242 e. The van der Waals surface area contributed by atoms with Crippen molar-refractivity contribution in [3.8, 4) is 0 Å². The van der Waals surface area contributed by atoms with Crippen molar-refractivity contribution in [3.63, 3.8) is 0 Å². The van der Waals surface area contributed by atoms with E-state index in [1.807, 2.05) is 31.6 Å². The molecule has 0 radical (unpaired) electrons. The van der Waals surface area contributed by atoms with Crippen molar-refractivity contribution < 1.29 is 4.79 Å². The van der Waals surface area contributed by atoms with Gasteiger partial charge in [0.2, 0.25) is 5.91 Å². The molecule has 1 amide bonds. The van der Waals surface area contributed by atoms with E-state index in [1.54, 1.807) is 22.2 Å². The van der Waals surface area contributed by atoms with Crippen LogP contribution in [0.25, 0.3) is 0 Å². The van der Waals surface area contributed by atoms with Gasteiger partial charge in [0.25, 0.3) is 0 Å². The van der Waals surface area contributed by atoms with Gasteiger partial charge in [-0.1, -0.05) is 6.07 Å². The maximum atomic E-state index is 11.9. The van der Waals surface area contributed by atoms with Crippen LogP contribution in [-0.2, 0) is 18.3 Å². The van der Waals surface area contributed by atoms with Crippen molar-refractivity contribution in [2.45, 2.75) is 19.4 Å². The molecule has 2 N–H and O–H groups in total. The van der Waals surface area contributed by atoms with Gasteiger partial charge in [0, 0.05) is 24.7 Å². The molecule has 0 aliphatic rings. The molecule has 1 atom stereocenters. The van der Waals surface area contributed by atoms with Crippen LogP contribution in [0.5, 0.6) is 0 Å². The summed E-state index contributed by atoms with van der Waals surface area (Å²) >= 11 is 1.71. The first kappa shape index (κ1) is 13.6. The third-order valence-electron chi connectivity index (χ3n) is 2.73. The number of hydrogen-bond donors (Lipinski definition) is 2. The third kappa shape index (κ3) is 4.10. The molecule has 0 aromatic carbocycles. The molecule has 2 rings (SSSR count). The highest BCUT2D eigenvalue weighted by Crippen LogP contribution is 2.08. The lowest BCUT2D eigenvalue weighted by molar-refractivity contribution is -0.121. The Labute approximate surface area is 116 Å². The summed E-state index contributed by atoms with van der Waals surface area (Å²) in [5, 5.41) is 12.1. The van der Waals surface area contributed by atoms with Gasteiger partial charge in [-0.2, -0.15) is 5.10 Å². The number of aryl methyl sites for hydroxylation is 1. The first-order valence-corrected chi connectivity index (χ1v) is 7.08. The minimum atomic E-state index is -0.271. The molecule has 2 heterocycles. The van der Waals surface area contributed by atoms with Crippen molar-refractivity contribution in [1.82, 2.24) is 15.1 Å². The Bertz CT molecular complexity index is 520. The molecule has 0 fully saturated rings. The fourth-order valence-electron chi connectivity index (χ4n) is 1.73. The van der Waals surface area contributed by atoms with Gasteiger partial charge in [-0.05, 0) is 24.8 Å². The van der Waals surface area contributed by atoms with Crippen molar-refractivity contribution in [3.05, 3.63) is 34.8 Å². The van der Waals surface area contributed by atoms with Crippen LogP contribution < -0.4 is 10.6 Å². The van der Waals surface area contributed by atoms with E-state index in [2.05, 4.69) is 21.8 Å². The summed E-state index contributed by atoms with van der Waals surface area (Å²) in [4.78, 5) is 13.2. The summed E-state index contributed by atoms with van der Waals surface area (Å²) in [6.45, 7) is 2.51. The van der Waals surface area contributed by atoms with Gasteiger partial charge in [0.1, 0.15) is 6.04 Å². The lowest BCUT2D eigenvalue weighted by Gasteiger charge is -2.13. The fourth-order valence-corrected chi connectivity index (χ4v) is 2.44. The Morgan fingerprint density at radius 3 is 3.05 bits per heavy atom. The molecule has 0 saturated heterocycles. The SMILES string of the molecule is C[C@@H](Nc1cnn(C)c1)C(=O)NCCc1cccs1. The first-order valence-electron chi connectivity index (χ1n) is 6.20. The molecule has 5 nitrogen and oxygen atoms in total. The van der Waals surface area contributed by atoms with E-state index in [4.69, 9.17) is 0 Å². The van der Waals surface area contributed by atoms with Crippen LogP contribution in [0.1, 0.15) is 11.8 Å². The van der Waals surface area contributed by atoms with Crippen LogP contribution in [0.4, 0.5) is 5.69 Å². The summed E-state index contributed by atoms with van der Waals surface area (Å²) in [6, 6.07) is 3.83. The van der Waals surface area contributed by atoms with Crippen molar-refractivity contribution in [1.29, 1.82) is 0 Å². The number of hydrogen-bond acceptors (Lipinski definition) is 4. The van der Waals surface area contributed by atoms with Gasteiger partial charge in [-0.15, -0.1) is 11.3 Å². The predicted octanol–water partition coefficient (Wildman–Crippen LogP) is 1.64. The Kier molecular flexibility index (Phi) is 4.57. The van der Waals surface area contributed by atoms with Crippen LogP contribution >= 0.6 is 11.3 Å². The van der Waals surface area contributed by atoms with Crippen LogP contribution in [0.15, 0.2) is 29.9 Å². The fraction of sp³-hybridized carbons (Fsp3) is 0.385. The molecule has 0 aliphatic carbocycles. The van der Waals surface area contributed by atoms with Crippen LogP contribution in [0.2, 0.25) is 0 Å². The van der Waals surface area contributed by atoms with E-state index in [9.17, 15) is 4.79 Å². The van der Waals surface area contributed by atoms with Gasteiger partial charge in [-0.25, -0.2) is 0 Å². The number of nitrogens with one attached hydrogen (secondary N) is 2. The van der Waals surface area contributed by atoms with E-state index in [0.717, 1.165) is 12.1 Å². The molecule has 0 saturated carbocycles. The maximum absolute atomic E-state index is 11.9. The van der Waals surface area contributed by atoms with Gasteiger partial charge in [0.15, 0.2) is 0 Å². The molecule has 0 spiro atoms. The average Bonchev–Trinajstić information content (AvgIpc) is 3.01. The minimum absolute atomic E-state index is 0.000379. The monoisotopic (exact) mass is 278 g/mol. The van der Waals surface area contributed by atoms with Crippen LogP contribution in [0.3, 0.4) is 0 Å². The quantitative estimate of drug-likeness (QED) is 0.844. The van der Waals surface area contributed by atoms with E-state index in [0.29, 0.717) is 6.54 Å². The topological polar surface area (TPSA) is 59.0 Å². The van der Waals surface area contributed by atoms with E-state index in [-0.39, 0.29) is 11.9 Å². The molecule has 6 heteroatoms. The van der Waals surface area contributed by atoms with Crippen molar-refractivity contribution in [2.75, 3.05) is 11.9 Å². The molecule has 19 heavy (non-hydrogen) atoms. The van der Waals surface area contributed by atoms with Crippen molar-refractivity contribution >= 4 is 22.9 Å². The van der Waals surface area contributed by atoms with Crippen LogP contribution in [-0.4, -0.2) is 28.3 Å². The molecular weight excluding hydrogens is 260 g/mol. The number of thiophene rings is 1. The van der Waals surface area contributed by atoms with Gasteiger partial charge < -0.3 is 10.6 Å². The standard InChI is InChI=1S/C13H18N4OS/c1-10(16-11-8-15-17(2)9-11)13(18)14-6-5-12-4-3-7-19-12/h3-4,7-10,16H,5-6H2,1-2H3,(H,14,18)/t10-/m1/s1. The largest absolute Gasteiger partial charge is 0.371 e.